The highest BCUT2D eigenvalue weighted by atomic mass is 32.1. The molecule has 2 aromatic rings. The van der Waals surface area contributed by atoms with Gasteiger partial charge in [0.15, 0.2) is 17.0 Å². The van der Waals surface area contributed by atoms with Crippen molar-refractivity contribution in [2.45, 2.75) is 32.8 Å². The molecule has 0 fully saturated rings. The number of hydrogen-bond donors (Lipinski definition) is 2. The number of esters is 1. The number of aryl methyl sites for hydroxylation is 1. The van der Waals surface area contributed by atoms with E-state index < -0.39 is 18.0 Å². The van der Waals surface area contributed by atoms with Crippen molar-refractivity contribution in [3.63, 3.8) is 0 Å². The van der Waals surface area contributed by atoms with Crippen LogP contribution in [-0.2, 0) is 20.7 Å². The predicted molar refractivity (Wildman–Crippen MR) is 95.5 cm³/mol. The maximum atomic E-state index is 12.1. The van der Waals surface area contributed by atoms with E-state index in [-0.39, 0.29) is 12.2 Å². The highest BCUT2D eigenvalue weighted by Crippen LogP contribution is 2.16. The van der Waals surface area contributed by atoms with Gasteiger partial charge in [-0.3, -0.25) is 14.4 Å². The summed E-state index contributed by atoms with van der Waals surface area (Å²) in [5, 5.41) is 3.07. The van der Waals surface area contributed by atoms with E-state index in [1.165, 1.54) is 25.2 Å². The van der Waals surface area contributed by atoms with Crippen molar-refractivity contribution in [1.82, 2.24) is 4.98 Å². The van der Waals surface area contributed by atoms with Crippen LogP contribution in [0.1, 0.15) is 35.5 Å². The van der Waals surface area contributed by atoms with Crippen molar-refractivity contribution in [2.75, 3.05) is 11.1 Å². The van der Waals surface area contributed by atoms with Gasteiger partial charge in [-0.05, 0) is 32.4 Å². The molecular weight excluding hydrogens is 342 g/mol. The van der Waals surface area contributed by atoms with Gasteiger partial charge >= 0.3 is 5.97 Å². The molecule has 0 bridgehead atoms. The van der Waals surface area contributed by atoms with Crippen LogP contribution in [0.2, 0.25) is 0 Å². The van der Waals surface area contributed by atoms with Gasteiger partial charge in [0.2, 0.25) is 0 Å². The second-order valence-corrected chi connectivity index (χ2v) is 6.57. The maximum absolute atomic E-state index is 12.1. The Labute approximate surface area is 149 Å². The number of rotatable bonds is 7. The molecule has 1 aromatic carbocycles. The summed E-state index contributed by atoms with van der Waals surface area (Å²) in [6, 6.07) is 6.56. The van der Waals surface area contributed by atoms with E-state index in [1.54, 1.807) is 30.5 Å². The molecule has 0 saturated heterocycles. The zero-order chi connectivity index (χ0) is 18.4. The van der Waals surface area contributed by atoms with E-state index >= 15 is 0 Å². The minimum atomic E-state index is -0.944. The molecule has 8 heteroatoms. The number of carbonyl (C=O) groups excluding carboxylic acids is 3. The van der Waals surface area contributed by atoms with Crippen LogP contribution in [0.4, 0.5) is 10.8 Å². The Morgan fingerprint density at radius 2 is 2.12 bits per heavy atom. The van der Waals surface area contributed by atoms with Crippen LogP contribution in [0.5, 0.6) is 0 Å². The summed E-state index contributed by atoms with van der Waals surface area (Å²) in [6.07, 6.45) is 1.27. The van der Waals surface area contributed by atoms with Gasteiger partial charge in [0.1, 0.15) is 0 Å². The van der Waals surface area contributed by atoms with Crippen LogP contribution in [0.15, 0.2) is 30.5 Å². The third-order valence-electron chi connectivity index (χ3n) is 3.36. The number of thiazole rings is 1. The number of nitrogens with zero attached hydrogens (tertiary/aromatic N) is 1. The monoisotopic (exact) mass is 361 g/mol. The third kappa shape index (κ3) is 5.68. The Balaban J connectivity index is 1.84. The maximum Gasteiger partial charge on any atom is 0.306 e. The molecule has 0 aliphatic rings. The summed E-state index contributed by atoms with van der Waals surface area (Å²) < 4.78 is 5.13. The molecule has 0 aliphatic heterocycles. The lowest BCUT2D eigenvalue weighted by Gasteiger charge is -2.13. The minimum absolute atomic E-state index is 0.0979. The van der Waals surface area contributed by atoms with E-state index in [0.29, 0.717) is 22.8 Å². The van der Waals surface area contributed by atoms with Crippen molar-refractivity contribution in [3.05, 3.63) is 40.9 Å². The smallest absolute Gasteiger partial charge is 0.306 e. The van der Waals surface area contributed by atoms with Crippen molar-refractivity contribution in [2.24, 2.45) is 0 Å². The second-order valence-electron chi connectivity index (χ2n) is 5.42. The zero-order valence-electron chi connectivity index (χ0n) is 13.9. The number of carbonyl (C=O) groups is 3. The highest BCUT2D eigenvalue weighted by molar-refractivity contribution is 7.15. The summed E-state index contributed by atoms with van der Waals surface area (Å²) in [5.41, 5.74) is 6.49. The molecule has 0 radical (unpaired) electrons. The van der Waals surface area contributed by atoms with Crippen molar-refractivity contribution in [3.8, 4) is 0 Å². The summed E-state index contributed by atoms with van der Waals surface area (Å²) >= 11 is 1.31. The molecule has 1 heterocycles. The number of nitrogens with two attached hydrogens (primary N) is 1. The summed E-state index contributed by atoms with van der Waals surface area (Å²) in [4.78, 5) is 40.1. The number of benzene rings is 1. The average Bonchev–Trinajstić information content (AvgIpc) is 2.98. The first-order valence-electron chi connectivity index (χ1n) is 7.66. The second kappa shape index (κ2) is 8.39. The van der Waals surface area contributed by atoms with Gasteiger partial charge in [0, 0.05) is 22.3 Å². The van der Waals surface area contributed by atoms with Crippen molar-refractivity contribution in [1.29, 1.82) is 0 Å². The first kappa shape index (κ1) is 18.6. The summed E-state index contributed by atoms with van der Waals surface area (Å²) in [6.45, 7) is 2.94. The zero-order valence-corrected chi connectivity index (χ0v) is 14.8. The molecule has 0 unspecified atom stereocenters. The number of Topliss-reactive ketones (excluding diaryl/α,β-unsaturated/α-hetero) is 1. The molecule has 1 aromatic heterocycles. The normalized spacial score (nSPS) is 11.6. The first-order chi connectivity index (χ1) is 11.8. The molecule has 132 valence electrons. The summed E-state index contributed by atoms with van der Waals surface area (Å²) in [5.74, 6) is -1.04. The lowest BCUT2D eigenvalue weighted by molar-refractivity contribution is -0.153. The fourth-order valence-electron chi connectivity index (χ4n) is 2.03. The Bertz CT molecular complexity index is 788. The molecule has 0 aliphatic carbocycles. The van der Waals surface area contributed by atoms with E-state index in [9.17, 15) is 14.4 Å². The Hall–Kier alpha value is -2.74. The predicted octanol–water partition coefficient (Wildman–Crippen LogP) is 2.43. The molecule has 25 heavy (non-hydrogen) atoms. The van der Waals surface area contributed by atoms with Crippen molar-refractivity contribution < 1.29 is 19.1 Å². The lowest BCUT2D eigenvalue weighted by atomic mass is 10.1. The van der Waals surface area contributed by atoms with Crippen LogP contribution in [0, 0.1) is 0 Å². The Morgan fingerprint density at radius 1 is 1.36 bits per heavy atom. The van der Waals surface area contributed by atoms with Gasteiger partial charge in [-0.2, -0.15) is 0 Å². The van der Waals surface area contributed by atoms with Crippen LogP contribution in [0.25, 0.3) is 0 Å². The molecular formula is C17H19N3O4S. The van der Waals surface area contributed by atoms with Gasteiger partial charge < -0.3 is 15.8 Å². The highest BCUT2D eigenvalue weighted by Gasteiger charge is 2.18. The minimum Gasteiger partial charge on any atom is -0.453 e. The number of ether oxygens (including phenoxy) is 1. The SMILES string of the molecule is CC(=O)c1cccc(NC(=O)[C@H](C)OC(=O)CCc2cnc(N)s2)c1. The van der Waals surface area contributed by atoms with Gasteiger partial charge in [-0.25, -0.2) is 4.98 Å². The first-order valence-corrected chi connectivity index (χ1v) is 8.48. The average molecular weight is 361 g/mol. The van der Waals surface area contributed by atoms with E-state index in [4.69, 9.17) is 10.5 Å². The molecule has 7 nitrogen and oxygen atoms in total. The number of amides is 1. The number of nitrogens with one attached hydrogen (secondary N) is 1. The lowest BCUT2D eigenvalue weighted by Crippen LogP contribution is -2.30. The van der Waals surface area contributed by atoms with Gasteiger partial charge in [-0.15, -0.1) is 11.3 Å². The fraction of sp³-hybridized carbons (Fsp3) is 0.294. The van der Waals surface area contributed by atoms with E-state index in [1.807, 2.05) is 0 Å². The Morgan fingerprint density at radius 3 is 2.76 bits per heavy atom. The van der Waals surface area contributed by atoms with E-state index in [2.05, 4.69) is 10.3 Å². The molecule has 1 amide bonds. The van der Waals surface area contributed by atoms with Crippen LogP contribution < -0.4 is 11.1 Å². The van der Waals surface area contributed by atoms with Crippen LogP contribution in [-0.4, -0.2) is 28.7 Å². The fourth-order valence-corrected chi connectivity index (χ4v) is 2.72. The number of hydrogen-bond acceptors (Lipinski definition) is 7. The third-order valence-corrected chi connectivity index (χ3v) is 4.25. The number of ketones is 1. The molecule has 2 rings (SSSR count). The largest absolute Gasteiger partial charge is 0.453 e. The van der Waals surface area contributed by atoms with Gasteiger partial charge in [0.05, 0.1) is 6.42 Å². The quantitative estimate of drug-likeness (QED) is 0.579. The molecule has 1 atom stereocenters. The van der Waals surface area contributed by atoms with Crippen LogP contribution >= 0.6 is 11.3 Å². The topological polar surface area (TPSA) is 111 Å². The van der Waals surface area contributed by atoms with Crippen LogP contribution in [0.3, 0.4) is 0 Å². The van der Waals surface area contributed by atoms with E-state index in [0.717, 1.165) is 4.88 Å². The Kier molecular flexibility index (Phi) is 6.24. The van der Waals surface area contributed by atoms with Crippen molar-refractivity contribution >= 4 is 39.8 Å². The molecule has 3 N–H and O–H groups in total. The number of aromatic nitrogens is 1. The summed E-state index contributed by atoms with van der Waals surface area (Å²) in [7, 11) is 0. The van der Waals surface area contributed by atoms with Gasteiger partial charge in [0.25, 0.3) is 5.91 Å². The molecule has 0 spiro atoms. The number of nitrogen functional groups attached to an aromatic ring is 1. The van der Waals surface area contributed by atoms with Gasteiger partial charge in [-0.1, -0.05) is 12.1 Å². The number of anilines is 2. The standard InChI is InChI=1S/C17H19N3O4S/c1-10(21)12-4-3-5-13(8-12)20-16(23)11(2)24-15(22)7-6-14-9-19-17(18)25-14/h3-5,8-9,11H,6-7H2,1-2H3,(H2,18,19)(H,20,23)/t11-/m0/s1. The molecule has 0 saturated carbocycles.